The summed E-state index contributed by atoms with van der Waals surface area (Å²) in [6.07, 6.45) is -0.810. The number of halogens is 1. The van der Waals surface area contributed by atoms with Gasteiger partial charge in [0, 0.05) is 6.54 Å². The average Bonchev–Trinajstić information content (AvgIpc) is 1.87. The number of alkyl halides is 1. The quantitative estimate of drug-likeness (QED) is 0.598. The molecule has 0 saturated heterocycles. The largest absolute Gasteiger partial charge is 0.389 e. The first-order valence-corrected chi connectivity index (χ1v) is 3.13. The second-order valence-electron chi connectivity index (χ2n) is 2.16. The van der Waals surface area contributed by atoms with E-state index >= 15 is 0 Å². The van der Waals surface area contributed by atoms with Crippen LogP contribution in [-0.2, 0) is 0 Å². The second kappa shape index (κ2) is 4.70. The molecule has 0 aliphatic rings. The zero-order valence-corrected chi connectivity index (χ0v) is 5.97. The number of hydrogen-bond acceptors (Lipinski definition) is 2. The fourth-order valence-electron chi connectivity index (χ4n) is 0.538. The van der Waals surface area contributed by atoms with E-state index in [0.29, 0.717) is 6.54 Å². The van der Waals surface area contributed by atoms with Crippen LogP contribution in [0.5, 0.6) is 0 Å². The standard InChI is InChI=1S/C6H14FNO/c1-3-8(2)5-6(9)4-7/h6,9H,3-5H2,1-2H3. The van der Waals surface area contributed by atoms with Gasteiger partial charge in [0.05, 0.1) is 6.10 Å². The van der Waals surface area contributed by atoms with Gasteiger partial charge in [-0.2, -0.15) is 0 Å². The lowest BCUT2D eigenvalue weighted by atomic mass is 10.3. The van der Waals surface area contributed by atoms with Crippen molar-refractivity contribution >= 4 is 0 Å². The van der Waals surface area contributed by atoms with Crippen LogP contribution in [0.4, 0.5) is 4.39 Å². The average molecular weight is 135 g/mol. The highest BCUT2D eigenvalue weighted by molar-refractivity contribution is 4.57. The Balaban J connectivity index is 3.22. The first-order valence-electron chi connectivity index (χ1n) is 3.13. The summed E-state index contributed by atoms with van der Waals surface area (Å²) in [4.78, 5) is 1.87. The maximum Gasteiger partial charge on any atom is 0.117 e. The SMILES string of the molecule is CCN(C)CC(O)CF. The van der Waals surface area contributed by atoms with E-state index in [2.05, 4.69) is 0 Å². The van der Waals surface area contributed by atoms with Crippen LogP contribution in [0, 0.1) is 0 Å². The van der Waals surface area contributed by atoms with Crippen molar-refractivity contribution in [2.75, 3.05) is 26.8 Å². The molecule has 0 rings (SSSR count). The molecule has 0 saturated carbocycles. The monoisotopic (exact) mass is 135 g/mol. The Labute approximate surface area is 55.3 Å². The zero-order chi connectivity index (χ0) is 7.28. The first kappa shape index (κ1) is 8.85. The highest BCUT2D eigenvalue weighted by Gasteiger charge is 2.04. The summed E-state index contributed by atoms with van der Waals surface area (Å²) >= 11 is 0. The fraction of sp³-hybridized carbons (Fsp3) is 1.00. The predicted octanol–water partition coefficient (Wildman–Crippen LogP) is 0.268. The molecule has 0 aromatic heterocycles. The molecule has 0 spiro atoms. The molecule has 0 bridgehead atoms. The molecule has 0 radical (unpaired) electrons. The Kier molecular flexibility index (Phi) is 4.62. The van der Waals surface area contributed by atoms with Crippen LogP contribution in [0.15, 0.2) is 0 Å². The van der Waals surface area contributed by atoms with E-state index < -0.39 is 12.8 Å². The molecule has 0 aromatic carbocycles. The summed E-state index contributed by atoms with van der Waals surface area (Å²) in [6.45, 7) is 2.58. The maximum absolute atomic E-state index is 11.6. The molecular formula is C6H14FNO. The van der Waals surface area contributed by atoms with Gasteiger partial charge in [0.15, 0.2) is 0 Å². The molecule has 1 atom stereocenters. The minimum absolute atomic E-state index is 0.424. The van der Waals surface area contributed by atoms with E-state index in [-0.39, 0.29) is 0 Å². The van der Waals surface area contributed by atoms with Gasteiger partial charge in [-0.25, -0.2) is 4.39 Å². The van der Waals surface area contributed by atoms with Crippen LogP contribution in [-0.4, -0.2) is 42.9 Å². The molecule has 9 heavy (non-hydrogen) atoms. The van der Waals surface area contributed by atoms with E-state index in [1.54, 1.807) is 0 Å². The van der Waals surface area contributed by atoms with Crippen molar-refractivity contribution in [1.29, 1.82) is 0 Å². The third-order valence-electron chi connectivity index (χ3n) is 1.24. The smallest absolute Gasteiger partial charge is 0.117 e. The zero-order valence-electron chi connectivity index (χ0n) is 5.97. The highest BCUT2D eigenvalue weighted by Crippen LogP contribution is 1.88. The van der Waals surface area contributed by atoms with Crippen LogP contribution in [0.2, 0.25) is 0 Å². The topological polar surface area (TPSA) is 23.5 Å². The van der Waals surface area contributed by atoms with Gasteiger partial charge in [0.1, 0.15) is 6.67 Å². The number of nitrogens with zero attached hydrogens (tertiary/aromatic N) is 1. The number of aliphatic hydroxyl groups excluding tert-OH is 1. The molecule has 0 heterocycles. The van der Waals surface area contributed by atoms with Crippen molar-refractivity contribution < 1.29 is 9.50 Å². The predicted molar refractivity (Wildman–Crippen MR) is 35.2 cm³/mol. The van der Waals surface area contributed by atoms with Crippen LogP contribution in [0.3, 0.4) is 0 Å². The van der Waals surface area contributed by atoms with Crippen molar-refractivity contribution in [3.63, 3.8) is 0 Å². The molecule has 3 heteroatoms. The Morgan fingerprint density at radius 3 is 2.56 bits per heavy atom. The van der Waals surface area contributed by atoms with Crippen molar-refractivity contribution in [3.05, 3.63) is 0 Å². The van der Waals surface area contributed by atoms with E-state index in [9.17, 15) is 4.39 Å². The molecule has 0 fully saturated rings. The maximum atomic E-state index is 11.6. The van der Waals surface area contributed by atoms with E-state index in [0.717, 1.165) is 6.54 Å². The molecule has 1 N–H and O–H groups in total. The minimum Gasteiger partial charge on any atom is -0.389 e. The third-order valence-corrected chi connectivity index (χ3v) is 1.24. The third kappa shape index (κ3) is 4.36. The second-order valence-corrected chi connectivity index (χ2v) is 2.16. The summed E-state index contributed by atoms with van der Waals surface area (Å²) in [5.41, 5.74) is 0. The van der Waals surface area contributed by atoms with Gasteiger partial charge in [-0.05, 0) is 13.6 Å². The summed E-state index contributed by atoms with van der Waals surface area (Å²) in [6, 6.07) is 0. The van der Waals surface area contributed by atoms with Crippen LogP contribution >= 0.6 is 0 Å². The molecule has 0 aliphatic heterocycles. The van der Waals surface area contributed by atoms with Crippen molar-refractivity contribution in [3.8, 4) is 0 Å². The van der Waals surface area contributed by atoms with Gasteiger partial charge >= 0.3 is 0 Å². The minimum atomic E-state index is -0.810. The van der Waals surface area contributed by atoms with E-state index in [4.69, 9.17) is 5.11 Å². The Morgan fingerprint density at radius 2 is 2.22 bits per heavy atom. The number of rotatable bonds is 4. The van der Waals surface area contributed by atoms with E-state index in [1.165, 1.54) is 0 Å². The fourth-order valence-corrected chi connectivity index (χ4v) is 0.538. The van der Waals surface area contributed by atoms with Gasteiger partial charge in [-0.3, -0.25) is 0 Å². The summed E-state index contributed by atoms with van der Waals surface area (Å²) in [5.74, 6) is 0. The lowest BCUT2D eigenvalue weighted by Crippen LogP contribution is -2.29. The number of hydrogen-bond donors (Lipinski definition) is 1. The summed E-state index contributed by atoms with van der Waals surface area (Å²) in [5, 5.41) is 8.74. The van der Waals surface area contributed by atoms with Crippen LogP contribution in [0.1, 0.15) is 6.92 Å². The van der Waals surface area contributed by atoms with Crippen molar-refractivity contribution in [2.24, 2.45) is 0 Å². The Morgan fingerprint density at radius 1 is 1.67 bits per heavy atom. The lowest BCUT2D eigenvalue weighted by molar-refractivity contribution is 0.102. The first-order chi connectivity index (χ1) is 4.20. The summed E-state index contributed by atoms with van der Waals surface area (Å²) < 4.78 is 11.6. The molecule has 1 unspecified atom stereocenters. The number of likely N-dealkylation sites (N-methyl/N-ethyl adjacent to an activating group) is 1. The molecule has 2 nitrogen and oxygen atoms in total. The lowest BCUT2D eigenvalue weighted by Gasteiger charge is -2.15. The van der Waals surface area contributed by atoms with E-state index in [1.807, 2.05) is 18.9 Å². The van der Waals surface area contributed by atoms with Gasteiger partial charge in [-0.1, -0.05) is 6.92 Å². The number of aliphatic hydroxyl groups is 1. The molecule has 56 valence electrons. The highest BCUT2D eigenvalue weighted by atomic mass is 19.1. The normalized spacial score (nSPS) is 14.3. The van der Waals surface area contributed by atoms with Crippen LogP contribution < -0.4 is 0 Å². The van der Waals surface area contributed by atoms with Gasteiger partial charge < -0.3 is 10.0 Å². The van der Waals surface area contributed by atoms with Crippen LogP contribution in [0.25, 0.3) is 0 Å². The molecule has 0 amide bonds. The van der Waals surface area contributed by atoms with Crippen molar-refractivity contribution in [2.45, 2.75) is 13.0 Å². The molecule has 0 aliphatic carbocycles. The Hall–Kier alpha value is -0.150. The summed E-state index contributed by atoms with van der Waals surface area (Å²) in [7, 11) is 1.85. The Bertz CT molecular complexity index is 62.1. The molecular weight excluding hydrogens is 121 g/mol. The van der Waals surface area contributed by atoms with Crippen molar-refractivity contribution in [1.82, 2.24) is 4.90 Å². The van der Waals surface area contributed by atoms with Gasteiger partial charge in [-0.15, -0.1) is 0 Å². The van der Waals surface area contributed by atoms with Gasteiger partial charge in [0.25, 0.3) is 0 Å². The van der Waals surface area contributed by atoms with Gasteiger partial charge in [0.2, 0.25) is 0 Å². The molecule has 0 aromatic rings.